The molecule has 1 aliphatic rings. The first kappa shape index (κ1) is 17.6. The van der Waals surface area contributed by atoms with Crippen LogP contribution in [0.4, 0.5) is 5.69 Å². The molecule has 1 heterocycles. The molecule has 1 aromatic carbocycles. The first-order chi connectivity index (χ1) is 11.4. The molecule has 1 fully saturated rings. The lowest BCUT2D eigenvalue weighted by Gasteiger charge is -2.13. The highest BCUT2D eigenvalue weighted by atomic mass is 35.5. The zero-order chi connectivity index (χ0) is 17.3. The minimum atomic E-state index is -0.135. The maximum atomic E-state index is 12.2. The molecular formula is C16H18Cl2N4OS. The van der Waals surface area contributed by atoms with E-state index in [-0.39, 0.29) is 17.7 Å². The van der Waals surface area contributed by atoms with E-state index in [0.29, 0.717) is 21.7 Å². The van der Waals surface area contributed by atoms with Crippen LogP contribution in [0.25, 0.3) is 0 Å². The Hall–Kier alpha value is -1.24. The fourth-order valence-corrected chi connectivity index (χ4v) is 3.85. The Kier molecular flexibility index (Phi) is 5.37. The minimum absolute atomic E-state index is 0.135. The van der Waals surface area contributed by atoms with Gasteiger partial charge in [-0.05, 0) is 44.9 Å². The molecule has 0 atom stereocenters. The van der Waals surface area contributed by atoms with Crippen molar-refractivity contribution in [1.82, 2.24) is 14.8 Å². The van der Waals surface area contributed by atoms with E-state index >= 15 is 0 Å². The first-order valence-corrected chi connectivity index (χ1v) is 9.51. The van der Waals surface area contributed by atoms with Gasteiger partial charge in [-0.15, -0.1) is 10.2 Å². The van der Waals surface area contributed by atoms with Crippen LogP contribution < -0.4 is 5.32 Å². The molecule has 8 heteroatoms. The van der Waals surface area contributed by atoms with Crippen molar-refractivity contribution >= 4 is 46.6 Å². The Labute approximate surface area is 155 Å². The van der Waals surface area contributed by atoms with E-state index in [1.54, 1.807) is 18.2 Å². The zero-order valence-electron chi connectivity index (χ0n) is 13.4. The van der Waals surface area contributed by atoms with Gasteiger partial charge >= 0.3 is 0 Å². The third-order valence-corrected chi connectivity index (χ3v) is 5.01. The predicted octanol–water partition coefficient (Wildman–Crippen LogP) is 4.77. The van der Waals surface area contributed by atoms with Gasteiger partial charge in [0.2, 0.25) is 5.91 Å². The van der Waals surface area contributed by atoms with Gasteiger partial charge in [-0.2, -0.15) is 0 Å². The van der Waals surface area contributed by atoms with Gasteiger partial charge < -0.3 is 9.88 Å². The molecular weight excluding hydrogens is 367 g/mol. The summed E-state index contributed by atoms with van der Waals surface area (Å²) >= 11 is 13.3. The number of rotatable bonds is 6. The number of thioether (sulfide) groups is 1. The average molecular weight is 385 g/mol. The maximum absolute atomic E-state index is 12.2. The van der Waals surface area contributed by atoms with Crippen LogP contribution in [0.5, 0.6) is 0 Å². The fourth-order valence-electron chi connectivity index (χ4n) is 2.45. The minimum Gasteiger partial charge on any atom is -0.325 e. The Morgan fingerprint density at radius 1 is 1.29 bits per heavy atom. The van der Waals surface area contributed by atoms with Crippen molar-refractivity contribution in [2.75, 3.05) is 11.1 Å². The third kappa shape index (κ3) is 4.23. The molecule has 1 amide bonds. The molecule has 1 saturated carbocycles. The summed E-state index contributed by atoms with van der Waals surface area (Å²) < 4.78 is 2.13. The number of hydrogen-bond donors (Lipinski definition) is 1. The highest BCUT2D eigenvalue weighted by molar-refractivity contribution is 7.99. The van der Waals surface area contributed by atoms with E-state index in [9.17, 15) is 4.79 Å². The largest absolute Gasteiger partial charge is 0.325 e. The summed E-state index contributed by atoms with van der Waals surface area (Å²) in [5.74, 6) is 1.68. The summed E-state index contributed by atoms with van der Waals surface area (Å²) in [4.78, 5) is 12.2. The van der Waals surface area contributed by atoms with Crippen molar-refractivity contribution in [3.63, 3.8) is 0 Å². The van der Waals surface area contributed by atoms with E-state index in [0.717, 1.165) is 11.0 Å². The molecule has 128 valence electrons. The smallest absolute Gasteiger partial charge is 0.234 e. The second-order valence-corrected chi connectivity index (χ2v) is 7.89. The highest BCUT2D eigenvalue weighted by Gasteiger charge is 2.31. The SMILES string of the molecule is CC(C)n1c(SCC(=O)Nc2cc(Cl)cc(Cl)c2)nnc1C1CC1. The molecule has 0 saturated heterocycles. The number of carbonyl (C=O) groups is 1. The summed E-state index contributed by atoms with van der Waals surface area (Å²) in [5, 5.41) is 13.1. The molecule has 0 radical (unpaired) electrons. The summed E-state index contributed by atoms with van der Waals surface area (Å²) in [5.41, 5.74) is 0.585. The Bertz CT molecular complexity index is 738. The van der Waals surface area contributed by atoms with Crippen molar-refractivity contribution < 1.29 is 4.79 Å². The average Bonchev–Trinajstić information content (AvgIpc) is 3.23. The van der Waals surface area contributed by atoms with Crippen molar-refractivity contribution in [3.8, 4) is 0 Å². The van der Waals surface area contributed by atoms with Crippen LogP contribution >= 0.6 is 35.0 Å². The van der Waals surface area contributed by atoms with Gasteiger partial charge in [0.05, 0.1) is 5.75 Å². The first-order valence-electron chi connectivity index (χ1n) is 7.77. The van der Waals surface area contributed by atoms with E-state index in [4.69, 9.17) is 23.2 Å². The third-order valence-electron chi connectivity index (χ3n) is 3.63. The van der Waals surface area contributed by atoms with E-state index in [1.165, 1.54) is 24.6 Å². The summed E-state index contributed by atoms with van der Waals surface area (Å²) in [6.45, 7) is 4.21. The standard InChI is InChI=1S/C16H18Cl2N4OS/c1-9(2)22-15(10-3-4-10)20-21-16(22)24-8-14(23)19-13-6-11(17)5-12(18)7-13/h5-7,9-10H,3-4,8H2,1-2H3,(H,19,23). The summed E-state index contributed by atoms with van der Waals surface area (Å²) in [6, 6.07) is 5.22. The van der Waals surface area contributed by atoms with E-state index in [2.05, 4.69) is 33.9 Å². The van der Waals surface area contributed by atoms with Gasteiger partial charge in [-0.3, -0.25) is 4.79 Å². The van der Waals surface area contributed by atoms with Crippen molar-refractivity contribution in [2.45, 2.75) is 43.8 Å². The molecule has 0 aliphatic heterocycles. The monoisotopic (exact) mass is 384 g/mol. The van der Waals surface area contributed by atoms with Crippen LogP contribution in [0.3, 0.4) is 0 Å². The molecule has 0 spiro atoms. The van der Waals surface area contributed by atoms with E-state index in [1.807, 2.05) is 0 Å². The number of halogens is 2. The lowest BCUT2D eigenvalue weighted by atomic mass is 10.3. The quantitative estimate of drug-likeness (QED) is 0.728. The molecule has 1 N–H and O–H groups in total. The van der Waals surface area contributed by atoms with Gasteiger partial charge in [-0.1, -0.05) is 35.0 Å². The maximum Gasteiger partial charge on any atom is 0.234 e. The van der Waals surface area contributed by atoms with Crippen LogP contribution in [0, 0.1) is 0 Å². The molecule has 24 heavy (non-hydrogen) atoms. The molecule has 1 aromatic heterocycles. The van der Waals surface area contributed by atoms with Gasteiger partial charge in [0.25, 0.3) is 0 Å². The Morgan fingerprint density at radius 3 is 2.54 bits per heavy atom. The van der Waals surface area contributed by atoms with Crippen LogP contribution in [-0.4, -0.2) is 26.4 Å². The molecule has 0 unspecified atom stereocenters. The van der Waals surface area contributed by atoms with Gasteiger partial charge in [-0.25, -0.2) is 0 Å². The topological polar surface area (TPSA) is 59.8 Å². The zero-order valence-corrected chi connectivity index (χ0v) is 15.8. The second-order valence-electron chi connectivity index (χ2n) is 6.07. The molecule has 2 aromatic rings. The Morgan fingerprint density at radius 2 is 1.96 bits per heavy atom. The fraction of sp³-hybridized carbons (Fsp3) is 0.438. The lowest BCUT2D eigenvalue weighted by molar-refractivity contribution is -0.113. The number of nitrogens with one attached hydrogen (secondary N) is 1. The van der Waals surface area contributed by atoms with Crippen molar-refractivity contribution in [3.05, 3.63) is 34.1 Å². The number of carbonyl (C=O) groups excluding carboxylic acids is 1. The van der Waals surface area contributed by atoms with Gasteiger partial charge in [0.15, 0.2) is 5.16 Å². The lowest BCUT2D eigenvalue weighted by Crippen LogP contribution is -2.15. The van der Waals surface area contributed by atoms with Crippen molar-refractivity contribution in [2.24, 2.45) is 0 Å². The number of anilines is 1. The summed E-state index contributed by atoms with van der Waals surface area (Å²) in [6.07, 6.45) is 2.34. The Balaban J connectivity index is 1.64. The molecule has 5 nitrogen and oxygen atoms in total. The van der Waals surface area contributed by atoms with Crippen LogP contribution in [0.2, 0.25) is 10.0 Å². The molecule has 1 aliphatic carbocycles. The van der Waals surface area contributed by atoms with E-state index < -0.39 is 0 Å². The van der Waals surface area contributed by atoms with Crippen LogP contribution in [0.1, 0.15) is 44.5 Å². The molecule has 0 bridgehead atoms. The number of hydrogen-bond acceptors (Lipinski definition) is 4. The number of aromatic nitrogens is 3. The number of amides is 1. The van der Waals surface area contributed by atoms with Crippen molar-refractivity contribution in [1.29, 1.82) is 0 Å². The van der Waals surface area contributed by atoms with Crippen LogP contribution in [0.15, 0.2) is 23.4 Å². The number of nitrogens with zero attached hydrogens (tertiary/aromatic N) is 3. The summed E-state index contributed by atoms with van der Waals surface area (Å²) in [7, 11) is 0. The second kappa shape index (κ2) is 7.33. The van der Waals surface area contributed by atoms with Gasteiger partial charge in [0, 0.05) is 27.7 Å². The predicted molar refractivity (Wildman–Crippen MR) is 98.2 cm³/mol. The van der Waals surface area contributed by atoms with Gasteiger partial charge in [0.1, 0.15) is 5.82 Å². The normalized spacial score (nSPS) is 14.2. The van der Waals surface area contributed by atoms with Crippen LogP contribution in [-0.2, 0) is 4.79 Å². The highest BCUT2D eigenvalue weighted by Crippen LogP contribution is 2.41. The molecule has 3 rings (SSSR count). The number of benzene rings is 1.